The molecule has 4 aromatic rings. The minimum absolute atomic E-state index is 0.124. The fraction of sp³-hybridized carbons (Fsp3) is 0.241. The van der Waals surface area contributed by atoms with Gasteiger partial charge in [0.05, 0.1) is 11.6 Å². The molecule has 1 atom stereocenters. The molecule has 1 aliphatic carbocycles. The molecule has 1 heterocycles. The maximum atomic E-state index is 12.1. The molecule has 0 amide bonds. The summed E-state index contributed by atoms with van der Waals surface area (Å²) in [6, 6.07) is 27.9. The zero-order valence-electron chi connectivity index (χ0n) is 18.9. The van der Waals surface area contributed by atoms with Crippen molar-refractivity contribution in [3.05, 3.63) is 119 Å². The number of carboxylic acid groups (broad SMARTS) is 1. The molecule has 0 saturated carbocycles. The second-order valence-electron chi connectivity index (χ2n) is 8.72. The number of ether oxygens (including phenoxy) is 1. The normalized spacial score (nSPS) is 13.9. The molecule has 3 aromatic carbocycles. The number of carboxylic acids is 1. The zero-order valence-corrected chi connectivity index (χ0v) is 18.9. The SMILES string of the molecule is O=C(O)C(Cc1cc(C(c2ccccc2)c2ccccc2)on1)Oc1cccc2c1CCCC2. The lowest BCUT2D eigenvalue weighted by Gasteiger charge is -2.22. The van der Waals surface area contributed by atoms with E-state index in [0.29, 0.717) is 17.2 Å². The third-order valence-corrected chi connectivity index (χ3v) is 6.42. The number of carbonyl (C=O) groups is 1. The van der Waals surface area contributed by atoms with E-state index in [1.54, 1.807) is 0 Å². The average Bonchev–Trinajstić information content (AvgIpc) is 3.33. The van der Waals surface area contributed by atoms with Crippen LogP contribution in [0.2, 0.25) is 0 Å². The van der Waals surface area contributed by atoms with Crippen LogP contribution >= 0.6 is 0 Å². The number of benzene rings is 3. The second-order valence-corrected chi connectivity index (χ2v) is 8.72. The van der Waals surface area contributed by atoms with E-state index in [9.17, 15) is 9.90 Å². The van der Waals surface area contributed by atoms with E-state index in [1.807, 2.05) is 54.6 Å². The Balaban J connectivity index is 1.40. The Bertz CT molecular complexity index is 1210. The zero-order chi connectivity index (χ0) is 23.3. The summed E-state index contributed by atoms with van der Waals surface area (Å²) in [7, 11) is 0. The molecule has 0 bridgehead atoms. The van der Waals surface area contributed by atoms with Crippen molar-refractivity contribution in [2.45, 2.75) is 44.1 Å². The van der Waals surface area contributed by atoms with Crippen molar-refractivity contribution >= 4 is 5.97 Å². The Kier molecular flexibility index (Phi) is 6.43. The first kappa shape index (κ1) is 22.0. The van der Waals surface area contributed by atoms with E-state index < -0.39 is 12.1 Å². The molecule has 0 aliphatic heterocycles. The van der Waals surface area contributed by atoms with Crippen LogP contribution in [-0.4, -0.2) is 22.3 Å². The van der Waals surface area contributed by atoms with Crippen molar-refractivity contribution < 1.29 is 19.2 Å². The molecule has 0 radical (unpaired) electrons. The van der Waals surface area contributed by atoms with Crippen LogP contribution in [0.25, 0.3) is 0 Å². The Hall–Kier alpha value is -3.86. The lowest BCUT2D eigenvalue weighted by Crippen LogP contribution is -2.30. The molecule has 1 aromatic heterocycles. The van der Waals surface area contributed by atoms with E-state index in [-0.39, 0.29) is 12.3 Å². The smallest absolute Gasteiger partial charge is 0.345 e. The lowest BCUT2D eigenvalue weighted by atomic mass is 9.89. The molecule has 172 valence electrons. The molecule has 0 spiro atoms. The van der Waals surface area contributed by atoms with Crippen molar-refractivity contribution in [3.63, 3.8) is 0 Å². The van der Waals surface area contributed by atoms with Gasteiger partial charge in [-0.2, -0.15) is 0 Å². The molecular weight excluding hydrogens is 426 g/mol. The topological polar surface area (TPSA) is 72.6 Å². The number of aromatic nitrogens is 1. The summed E-state index contributed by atoms with van der Waals surface area (Å²) in [6.45, 7) is 0. The van der Waals surface area contributed by atoms with Gasteiger partial charge >= 0.3 is 5.97 Å². The number of fused-ring (bicyclic) bond motifs is 1. The minimum atomic E-state index is -1.04. The minimum Gasteiger partial charge on any atom is -0.478 e. The van der Waals surface area contributed by atoms with Crippen LogP contribution < -0.4 is 4.74 Å². The number of hydrogen-bond donors (Lipinski definition) is 1. The van der Waals surface area contributed by atoms with Gasteiger partial charge in [0.25, 0.3) is 0 Å². The van der Waals surface area contributed by atoms with E-state index in [4.69, 9.17) is 9.26 Å². The van der Waals surface area contributed by atoms with Crippen molar-refractivity contribution in [2.75, 3.05) is 0 Å². The summed E-state index contributed by atoms with van der Waals surface area (Å²) >= 11 is 0. The van der Waals surface area contributed by atoms with Crippen molar-refractivity contribution in [1.29, 1.82) is 0 Å². The van der Waals surface area contributed by atoms with Gasteiger partial charge in [0, 0.05) is 12.5 Å². The first-order valence-electron chi connectivity index (χ1n) is 11.7. The predicted octanol–water partition coefficient (Wildman–Crippen LogP) is 5.81. The summed E-state index contributed by atoms with van der Waals surface area (Å²) in [6.07, 6.45) is 3.26. The quantitative estimate of drug-likeness (QED) is 0.365. The van der Waals surface area contributed by atoms with E-state index in [0.717, 1.165) is 42.4 Å². The monoisotopic (exact) mass is 453 g/mol. The van der Waals surface area contributed by atoms with Crippen LogP contribution in [0.3, 0.4) is 0 Å². The Morgan fingerprint density at radius 2 is 1.59 bits per heavy atom. The Labute approximate surface area is 199 Å². The molecule has 0 fully saturated rings. The summed E-state index contributed by atoms with van der Waals surface area (Å²) in [5.41, 5.74) is 5.11. The molecule has 1 aliphatic rings. The molecule has 5 heteroatoms. The van der Waals surface area contributed by atoms with Crippen molar-refractivity contribution in [3.8, 4) is 5.75 Å². The van der Waals surface area contributed by atoms with Gasteiger partial charge in [-0.25, -0.2) is 4.79 Å². The van der Waals surface area contributed by atoms with Gasteiger partial charge in [-0.15, -0.1) is 0 Å². The van der Waals surface area contributed by atoms with Crippen LogP contribution in [-0.2, 0) is 24.1 Å². The molecule has 0 saturated heterocycles. The van der Waals surface area contributed by atoms with Gasteiger partial charge in [-0.3, -0.25) is 0 Å². The molecule has 1 unspecified atom stereocenters. The maximum absolute atomic E-state index is 12.1. The predicted molar refractivity (Wildman–Crippen MR) is 129 cm³/mol. The van der Waals surface area contributed by atoms with Crippen LogP contribution in [0, 0.1) is 0 Å². The number of hydrogen-bond acceptors (Lipinski definition) is 4. The summed E-state index contributed by atoms with van der Waals surface area (Å²) in [4.78, 5) is 12.1. The fourth-order valence-corrected chi connectivity index (χ4v) is 4.75. The number of aryl methyl sites for hydroxylation is 1. The van der Waals surface area contributed by atoms with Crippen molar-refractivity contribution in [2.24, 2.45) is 0 Å². The van der Waals surface area contributed by atoms with Gasteiger partial charge in [-0.05, 0) is 54.0 Å². The highest BCUT2D eigenvalue weighted by Gasteiger charge is 2.27. The van der Waals surface area contributed by atoms with Gasteiger partial charge in [0.15, 0.2) is 0 Å². The largest absolute Gasteiger partial charge is 0.478 e. The summed E-state index contributed by atoms with van der Waals surface area (Å²) in [5.74, 6) is 0.197. The van der Waals surface area contributed by atoms with Crippen molar-refractivity contribution in [1.82, 2.24) is 5.16 Å². The highest BCUT2D eigenvalue weighted by molar-refractivity contribution is 5.73. The maximum Gasteiger partial charge on any atom is 0.345 e. The van der Waals surface area contributed by atoms with Gasteiger partial charge in [-0.1, -0.05) is 78.0 Å². The molecule has 1 N–H and O–H groups in total. The van der Waals surface area contributed by atoms with Gasteiger partial charge in [0.1, 0.15) is 11.5 Å². The van der Waals surface area contributed by atoms with Crippen LogP contribution in [0.15, 0.2) is 89.5 Å². The molecular formula is C29H27NO4. The van der Waals surface area contributed by atoms with Crippen LogP contribution in [0.1, 0.15) is 52.5 Å². The third-order valence-electron chi connectivity index (χ3n) is 6.42. The van der Waals surface area contributed by atoms with Gasteiger partial charge < -0.3 is 14.4 Å². The standard InChI is InChI=1S/C29H27NO4/c31-29(32)27(33-25-17-9-15-20-10-7-8-16-24(20)25)19-23-18-26(34-30-23)28(21-11-3-1-4-12-21)22-13-5-2-6-14-22/h1-6,9,11-15,17-18,27-28H,7-8,10,16,19H2,(H,31,32). The number of rotatable bonds is 8. The second kappa shape index (κ2) is 9.96. The van der Waals surface area contributed by atoms with Crippen LogP contribution in [0.4, 0.5) is 0 Å². The molecule has 5 rings (SSSR count). The van der Waals surface area contributed by atoms with Gasteiger partial charge in [0.2, 0.25) is 6.10 Å². The molecule has 5 nitrogen and oxygen atoms in total. The van der Waals surface area contributed by atoms with E-state index >= 15 is 0 Å². The first-order chi connectivity index (χ1) is 16.7. The average molecular weight is 454 g/mol. The summed E-state index contributed by atoms with van der Waals surface area (Å²) < 4.78 is 11.8. The molecule has 34 heavy (non-hydrogen) atoms. The van der Waals surface area contributed by atoms with Crippen LogP contribution in [0.5, 0.6) is 5.75 Å². The van der Waals surface area contributed by atoms with E-state index in [1.165, 1.54) is 5.56 Å². The Morgan fingerprint density at radius 3 is 2.26 bits per heavy atom. The summed E-state index contributed by atoms with van der Waals surface area (Å²) in [5, 5.41) is 14.1. The number of nitrogens with zero attached hydrogens (tertiary/aromatic N) is 1. The number of aliphatic carboxylic acids is 1. The fourth-order valence-electron chi connectivity index (χ4n) is 4.75. The van der Waals surface area contributed by atoms with E-state index in [2.05, 4.69) is 35.5 Å². The third kappa shape index (κ3) is 4.74. The Morgan fingerprint density at radius 1 is 0.912 bits per heavy atom. The lowest BCUT2D eigenvalue weighted by molar-refractivity contribution is -0.145. The highest BCUT2D eigenvalue weighted by atomic mass is 16.5. The highest BCUT2D eigenvalue weighted by Crippen LogP contribution is 2.33. The first-order valence-corrected chi connectivity index (χ1v) is 11.7.